The van der Waals surface area contributed by atoms with Gasteiger partial charge in [-0.3, -0.25) is 14.9 Å². The molecule has 2 rings (SSSR count). The van der Waals surface area contributed by atoms with Gasteiger partial charge in [-0.15, -0.1) is 0 Å². The van der Waals surface area contributed by atoms with E-state index in [-0.39, 0.29) is 23.6 Å². The molecule has 0 radical (unpaired) electrons. The van der Waals surface area contributed by atoms with Gasteiger partial charge in [-0.1, -0.05) is 6.92 Å². The van der Waals surface area contributed by atoms with E-state index in [1.54, 1.807) is 0 Å². The van der Waals surface area contributed by atoms with Crippen LogP contribution in [0.25, 0.3) is 0 Å². The monoisotopic (exact) mass is 279 g/mol. The maximum absolute atomic E-state index is 12.2. The number of carbonyl (C=O) groups excluding carboxylic acids is 1. The minimum Gasteiger partial charge on any atom is -0.495 e. The molecular weight excluding hydrogens is 262 g/mol. The van der Waals surface area contributed by atoms with Crippen molar-refractivity contribution in [1.29, 1.82) is 0 Å². The Morgan fingerprint density at radius 3 is 2.85 bits per heavy atom. The number of hydrogen-bond acceptors (Lipinski definition) is 5. The molecule has 2 atom stereocenters. The molecule has 108 valence electrons. The summed E-state index contributed by atoms with van der Waals surface area (Å²) in [7, 11) is 1.45. The lowest BCUT2D eigenvalue weighted by Gasteiger charge is -2.16. The third kappa shape index (κ3) is 2.88. The number of methoxy groups -OCH3 is 1. The van der Waals surface area contributed by atoms with Crippen molar-refractivity contribution in [2.24, 2.45) is 5.92 Å². The Morgan fingerprint density at radius 2 is 2.30 bits per heavy atom. The van der Waals surface area contributed by atoms with E-state index in [2.05, 4.69) is 10.6 Å². The van der Waals surface area contributed by atoms with Crippen LogP contribution in [0.2, 0.25) is 0 Å². The second-order valence-corrected chi connectivity index (χ2v) is 4.83. The van der Waals surface area contributed by atoms with E-state index in [0.29, 0.717) is 11.4 Å². The summed E-state index contributed by atoms with van der Waals surface area (Å²) in [6.07, 6.45) is 0.935. The predicted octanol–water partition coefficient (Wildman–Crippen LogP) is 1.54. The Hall–Kier alpha value is -2.15. The number of nitro benzene ring substituents is 1. The molecule has 1 aromatic rings. The molecule has 0 aromatic heterocycles. The van der Waals surface area contributed by atoms with E-state index in [1.165, 1.54) is 25.3 Å². The minimum atomic E-state index is -0.508. The Bertz CT molecular complexity index is 532. The highest BCUT2D eigenvalue weighted by Crippen LogP contribution is 2.29. The largest absolute Gasteiger partial charge is 0.495 e. The highest BCUT2D eigenvalue weighted by atomic mass is 16.6. The SMILES string of the molecule is COc1ccc([N+](=O)[O-])cc1NC(=O)C1NCCC1C. The molecular formula is C13H17N3O4. The number of nitrogens with one attached hydrogen (secondary N) is 2. The van der Waals surface area contributed by atoms with Crippen LogP contribution in [-0.2, 0) is 4.79 Å². The zero-order valence-electron chi connectivity index (χ0n) is 11.4. The molecule has 1 saturated heterocycles. The average molecular weight is 279 g/mol. The summed E-state index contributed by atoms with van der Waals surface area (Å²) in [4.78, 5) is 22.5. The first-order valence-corrected chi connectivity index (χ1v) is 6.39. The summed E-state index contributed by atoms with van der Waals surface area (Å²) in [6, 6.07) is 3.83. The molecule has 2 N–H and O–H groups in total. The van der Waals surface area contributed by atoms with E-state index in [1.807, 2.05) is 6.92 Å². The zero-order chi connectivity index (χ0) is 14.7. The van der Waals surface area contributed by atoms with Crippen LogP contribution in [-0.4, -0.2) is 30.5 Å². The summed E-state index contributed by atoms with van der Waals surface area (Å²) in [5.74, 6) is 0.433. The molecule has 2 unspecified atom stereocenters. The summed E-state index contributed by atoms with van der Waals surface area (Å²) in [6.45, 7) is 2.79. The van der Waals surface area contributed by atoms with Crippen LogP contribution in [0.1, 0.15) is 13.3 Å². The van der Waals surface area contributed by atoms with Gasteiger partial charge >= 0.3 is 0 Å². The van der Waals surface area contributed by atoms with E-state index < -0.39 is 4.92 Å². The van der Waals surface area contributed by atoms with Crippen molar-refractivity contribution in [3.8, 4) is 5.75 Å². The minimum absolute atomic E-state index is 0.0893. The maximum atomic E-state index is 12.2. The number of nitrogens with zero attached hydrogens (tertiary/aromatic N) is 1. The molecule has 7 nitrogen and oxygen atoms in total. The van der Waals surface area contributed by atoms with Gasteiger partial charge in [0.25, 0.3) is 5.69 Å². The number of nitro groups is 1. The lowest BCUT2D eigenvalue weighted by atomic mass is 10.0. The highest BCUT2D eigenvalue weighted by molar-refractivity contribution is 5.96. The molecule has 1 aromatic carbocycles. The molecule has 20 heavy (non-hydrogen) atoms. The normalized spacial score (nSPS) is 21.5. The molecule has 1 aliphatic rings. The fourth-order valence-electron chi connectivity index (χ4n) is 2.30. The van der Waals surface area contributed by atoms with E-state index in [0.717, 1.165) is 13.0 Å². The molecule has 1 fully saturated rings. The van der Waals surface area contributed by atoms with Crippen LogP contribution in [0.15, 0.2) is 18.2 Å². The number of carbonyl (C=O) groups is 1. The van der Waals surface area contributed by atoms with Crippen molar-refractivity contribution in [3.63, 3.8) is 0 Å². The van der Waals surface area contributed by atoms with Crippen molar-refractivity contribution in [1.82, 2.24) is 5.32 Å². The van der Waals surface area contributed by atoms with Crippen LogP contribution >= 0.6 is 0 Å². The third-order valence-corrected chi connectivity index (χ3v) is 3.47. The quantitative estimate of drug-likeness (QED) is 0.644. The fraction of sp³-hybridized carbons (Fsp3) is 0.462. The Labute approximate surface area is 116 Å². The molecule has 0 aliphatic carbocycles. The molecule has 0 saturated carbocycles. The van der Waals surface area contributed by atoms with Gasteiger partial charge in [-0.25, -0.2) is 0 Å². The first-order chi connectivity index (χ1) is 9.52. The maximum Gasteiger partial charge on any atom is 0.271 e. The van der Waals surface area contributed by atoms with E-state index in [9.17, 15) is 14.9 Å². The van der Waals surface area contributed by atoms with Crippen molar-refractivity contribution in [3.05, 3.63) is 28.3 Å². The summed E-state index contributed by atoms with van der Waals surface area (Å²) in [5.41, 5.74) is 0.223. The second-order valence-electron chi connectivity index (χ2n) is 4.83. The first-order valence-electron chi connectivity index (χ1n) is 6.39. The molecule has 1 heterocycles. The van der Waals surface area contributed by atoms with Crippen LogP contribution in [0.3, 0.4) is 0 Å². The van der Waals surface area contributed by atoms with E-state index >= 15 is 0 Å². The summed E-state index contributed by atoms with van der Waals surface area (Å²) < 4.78 is 5.11. The van der Waals surface area contributed by atoms with Gasteiger partial charge in [0.15, 0.2) is 0 Å². The van der Waals surface area contributed by atoms with Gasteiger partial charge < -0.3 is 15.4 Å². The smallest absolute Gasteiger partial charge is 0.271 e. The van der Waals surface area contributed by atoms with Crippen LogP contribution in [0.4, 0.5) is 11.4 Å². The zero-order valence-corrected chi connectivity index (χ0v) is 11.4. The summed E-state index contributed by atoms with van der Waals surface area (Å²) in [5, 5.41) is 16.6. The van der Waals surface area contributed by atoms with Crippen molar-refractivity contribution in [2.75, 3.05) is 19.0 Å². The van der Waals surface area contributed by atoms with Crippen molar-refractivity contribution < 1.29 is 14.5 Å². The molecule has 0 bridgehead atoms. The lowest BCUT2D eigenvalue weighted by Crippen LogP contribution is -2.39. The summed E-state index contributed by atoms with van der Waals surface area (Å²) >= 11 is 0. The number of amides is 1. The highest BCUT2D eigenvalue weighted by Gasteiger charge is 2.29. The van der Waals surface area contributed by atoms with Gasteiger partial charge in [0, 0.05) is 12.1 Å². The van der Waals surface area contributed by atoms with Gasteiger partial charge in [-0.05, 0) is 24.9 Å². The Kier molecular flexibility index (Phi) is 4.19. The number of anilines is 1. The molecule has 7 heteroatoms. The Balaban J connectivity index is 2.20. The fourth-order valence-corrected chi connectivity index (χ4v) is 2.30. The number of benzene rings is 1. The predicted molar refractivity (Wildman–Crippen MR) is 73.8 cm³/mol. The lowest BCUT2D eigenvalue weighted by molar-refractivity contribution is -0.384. The Morgan fingerprint density at radius 1 is 1.55 bits per heavy atom. The van der Waals surface area contributed by atoms with Crippen LogP contribution < -0.4 is 15.4 Å². The van der Waals surface area contributed by atoms with Crippen molar-refractivity contribution in [2.45, 2.75) is 19.4 Å². The van der Waals surface area contributed by atoms with Crippen molar-refractivity contribution >= 4 is 17.3 Å². The first kappa shape index (κ1) is 14.3. The third-order valence-electron chi connectivity index (χ3n) is 3.47. The van der Waals surface area contributed by atoms with E-state index in [4.69, 9.17) is 4.74 Å². The second kappa shape index (κ2) is 5.87. The topological polar surface area (TPSA) is 93.5 Å². The number of hydrogen-bond donors (Lipinski definition) is 2. The van der Waals surface area contributed by atoms with Gasteiger partial charge in [0.2, 0.25) is 5.91 Å². The standard InChI is InChI=1S/C13H17N3O4/c1-8-5-6-14-12(8)13(17)15-10-7-9(16(18)19)3-4-11(10)20-2/h3-4,7-8,12,14H,5-6H2,1-2H3,(H,15,17). The number of non-ortho nitro benzene ring substituents is 1. The molecule has 1 amide bonds. The molecule has 1 aliphatic heterocycles. The van der Waals surface area contributed by atoms with Crippen LogP contribution in [0, 0.1) is 16.0 Å². The number of ether oxygens (including phenoxy) is 1. The average Bonchev–Trinajstić information content (AvgIpc) is 2.84. The number of rotatable bonds is 4. The molecule has 0 spiro atoms. The van der Waals surface area contributed by atoms with Crippen LogP contribution in [0.5, 0.6) is 5.75 Å². The van der Waals surface area contributed by atoms with Gasteiger partial charge in [0.05, 0.1) is 23.8 Å². The van der Waals surface area contributed by atoms with Gasteiger partial charge in [0.1, 0.15) is 5.75 Å². The van der Waals surface area contributed by atoms with Gasteiger partial charge in [-0.2, -0.15) is 0 Å².